The van der Waals surface area contributed by atoms with E-state index in [0.29, 0.717) is 0 Å². The zero-order chi connectivity index (χ0) is 16.4. The number of hydrogen-bond acceptors (Lipinski definition) is 3. The quantitative estimate of drug-likeness (QED) is 0.552. The summed E-state index contributed by atoms with van der Waals surface area (Å²) in [6.45, 7) is 6.68. The fraction of sp³-hybridized carbons (Fsp3) is 0.706. The molecule has 0 aliphatic carbocycles. The summed E-state index contributed by atoms with van der Waals surface area (Å²) in [5.74, 6) is -0.940. The van der Waals surface area contributed by atoms with Gasteiger partial charge in [0, 0.05) is 0 Å². The van der Waals surface area contributed by atoms with E-state index < -0.39 is 24.3 Å². The number of hydrogen-bond donors (Lipinski definition) is 1. The minimum atomic E-state index is -2.69. The van der Waals surface area contributed by atoms with Crippen molar-refractivity contribution < 1.29 is 9.90 Å². The monoisotopic (exact) mass is 414 g/mol. The van der Waals surface area contributed by atoms with Gasteiger partial charge in [-0.3, -0.25) is 0 Å². The van der Waals surface area contributed by atoms with Crippen LogP contribution in [0.2, 0.25) is 13.3 Å². The molecule has 0 bridgehead atoms. The molecule has 1 heterocycles. The summed E-state index contributed by atoms with van der Waals surface area (Å²) in [4.78, 5) is 20.3. The van der Waals surface area contributed by atoms with E-state index in [1.54, 1.807) is 6.20 Å². The number of nitrogens with zero attached hydrogens (tertiary/aromatic N) is 2. The SMILES string of the molecule is CCC[CH2][Sn]([CH2]CCC)([CH2]CCC)[c]1nccc(C(=O)O)n1. The van der Waals surface area contributed by atoms with E-state index in [1.165, 1.54) is 57.9 Å². The Morgan fingerprint density at radius 1 is 1.05 bits per heavy atom. The number of carboxylic acid groups (broad SMARTS) is 1. The van der Waals surface area contributed by atoms with Crippen LogP contribution in [0.3, 0.4) is 0 Å². The predicted octanol–water partition coefficient (Wildman–Crippen LogP) is 4.23. The molecule has 5 heteroatoms. The van der Waals surface area contributed by atoms with Crippen molar-refractivity contribution in [1.82, 2.24) is 9.97 Å². The molecule has 0 amide bonds. The molecule has 0 unspecified atom stereocenters. The Balaban J connectivity index is 3.18. The molecule has 4 nitrogen and oxygen atoms in total. The summed E-state index contributed by atoms with van der Waals surface area (Å²) in [6, 6.07) is 1.52. The summed E-state index contributed by atoms with van der Waals surface area (Å²) >= 11 is -2.69. The van der Waals surface area contributed by atoms with Crippen molar-refractivity contribution in [2.45, 2.75) is 72.6 Å². The molecule has 0 aliphatic rings. The third-order valence-corrected chi connectivity index (χ3v) is 19.0. The van der Waals surface area contributed by atoms with Crippen molar-refractivity contribution in [1.29, 1.82) is 0 Å². The first kappa shape index (κ1) is 19.4. The van der Waals surface area contributed by atoms with E-state index in [1.807, 2.05) is 0 Å². The first-order valence-electron chi connectivity index (χ1n) is 8.66. The van der Waals surface area contributed by atoms with Gasteiger partial charge in [-0.2, -0.15) is 0 Å². The van der Waals surface area contributed by atoms with E-state index >= 15 is 0 Å². The fourth-order valence-electron chi connectivity index (χ4n) is 2.99. The molecule has 0 spiro atoms. The molecule has 0 radical (unpaired) electrons. The molecular weight excluding hydrogens is 383 g/mol. The van der Waals surface area contributed by atoms with Crippen LogP contribution in [0.15, 0.2) is 12.3 Å². The summed E-state index contributed by atoms with van der Waals surface area (Å²) in [7, 11) is 0. The molecule has 1 aromatic heterocycles. The topological polar surface area (TPSA) is 63.1 Å². The second kappa shape index (κ2) is 10.2. The normalized spacial score (nSPS) is 11.6. The summed E-state index contributed by atoms with van der Waals surface area (Å²) in [5, 5.41) is 9.24. The van der Waals surface area contributed by atoms with Gasteiger partial charge in [-0.15, -0.1) is 0 Å². The summed E-state index contributed by atoms with van der Waals surface area (Å²) in [5.41, 5.74) is 0.163. The average Bonchev–Trinajstić information content (AvgIpc) is 2.54. The van der Waals surface area contributed by atoms with Crippen LogP contribution < -0.4 is 3.84 Å². The molecule has 0 saturated heterocycles. The van der Waals surface area contributed by atoms with Crippen LogP contribution in [0, 0.1) is 0 Å². The summed E-state index contributed by atoms with van der Waals surface area (Å²) in [6.07, 6.45) is 8.90. The van der Waals surface area contributed by atoms with Gasteiger partial charge >= 0.3 is 139 Å². The first-order chi connectivity index (χ1) is 10.6. The van der Waals surface area contributed by atoms with Crippen molar-refractivity contribution in [3.05, 3.63) is 18.0 Å². The van der Waals surface area contributed by atoms with E-state index in [0.717, 1.165) is 3.84 Å². The molecule has 1 aromatic rings. The number of carbonyl (C=O) groups is 1. The Morgan fingerprint density at radius 3 is 1.95 bits per heavy atom. The molecule has 0 fully saturated rings. The maximum absolute atomic E-state index is 11.3. The van der Waals surface area contributed by atoms with Gasteiger partial charge in [0.25, 0.3) is 0 Å². The second-order valence-electron chi connectivity index (χ2n) is 6.16. The van der Waals surface area contributed by atoms with Gasteiger partial charge in [0.2, 0.25) is 0 Å². The molecule has 124 valence electrons. The van der Waals surface area contributed by atoms with Crippen LogP contribution in [0.5, 0.6) is 0 Å². The Hall–Kier alpha value is -0.651. The van der Waals surface area contributed by atoms with Gasteiger partial charge in [-0.05, 0) is 0 Å². The molecule has 22 heavy (non-hydrogen) atoms. The van der Waals surface area contributed by atoms with Crippen LogP contribution in [0.1, 0.15) is 69.8 Å². The van der Waals surface area contributed by atoms with Crippen LogP contribution in [0.25, 0.3) is 0 Å². The van der Waals surface area contributed by atoms with Crippen molar-refractivity contribution in [3.8, 4) is 0 Å². The number of carboxylic acids is 1. The van der Waals surface area contributed by atoms with E-state index in [4.69, 9.17) is 0 Å². The molecule has 0 saturated carbocycles. The van der Waals surface area contributed by atoms with Gasteiger partial charge in [-0.1, -0.05) is 0 Å². The number of rotatable bonds is 11. The third-order valence-electron chi connectivity index (χ3n) is 4.38. The van der Waals surface area contributed by atoms with Crippen molar-refractivity contribution in [2.75, 3.05) is 0 Å². The zero-order valence-electron chi connectivity index (χ0n) is 14.3. The Labute approximate surface area is 138 Å². The maximum atomic E-state index is 11.3. The molecule has 1 rings (SSSR count). The van der Waals surface area contributed by atoms with Crippen LogP contribution in [-0.4, -0.2) is 39.4 Å². The first-order valence-corrected chi connectivity index (χ1v) is 16.1. The Morgan fingerprint density at radius 2 is 1.55 bits per heavy atom. The van der Waals surface area contributed by atoms with E-state index in [-0.39, 0.29) is 5.69 Å². The van der Waals surface area contributed by atoms with Gasteiger partial charge < -0.3 is 0 Å². The van der Waals surface area contributed by atoms with Crippen molar-refractivity contribution >= 4 is 28.2 Å². The van der Waals surface area contributed by atoms with E-state index in [2.05, 4.69) is 30.7 Å². The van der Waals surface area contributed by atoms with Gasteiger partial charge in [0.05, 0.1) is 0 Å². The van der Waals surface area contributed by atoms with Gasteiger partial charge in [-0.25, -0.2) is 0 Å². The van der Waals surface area contributed by atoms with Crippen molar-refractivity contribution in [2.24, 2.45) is 0 Å². The van der Waals surface area contributed by atoms with E-state index in [9.17, 15) is 9.90 Å². The molecule has 0 aromatic carbocycles. The third kappa shape index (κ3) is 5.52. The number of aromatic carboxylic acids is 1. The number of aromatic nitrogens is 2. The molecule has 1 N–H and O–H groups in total. The fourth-order valence-corrected chi connectivity index (χ4v) is 17.9. The molecule has 0 aliphatic heterocycles. The second-order valence-corrected chi connectivity index (χ2v) is 19.0. The summed E-state index contributed by atoms with van der Waals surface area (Å²) < 4.78 is 4.72. The number of unbranched alkanes of at least 4 members (excludes halogenated alkanes) is 3. The minimum absolute atomic E-state index is 0.163. The van der Waals surface area contributed by atoms with Crippen LogP contribution in [-0.2, 0) is 0 Å². The van der Waals surface area contributed by atoms with Crippen LogP contribution in [0.4, 0.5) is 0 Å². The molecule has 0 atom stereocenters. The molecular formula is C17H30N2O2Sn. The average molecular weight is 413 g/mol. The van der Waals surface area contributed by atoms with Crippen molar-refractivity contribution in [3.63, 3.8) is 0 Å². The zero-order valence-corrected chi connectivity index (χ0v) is 17.1. The Kier molecular flexibility index (Phi) is 8.98. The predicted molar refractivity (Wildman–Crippen MR) is 93.5 cm³/mol. The van der Waals surface area contributed by atoms with Gasteiger partial charge in [0.1, 0.15) is 0 Å². The Bertz CT molecular complexity index is 444. The standard InChI is InChI=1S/C5H3N2O2.3C4H9.Sn/c8-5(9)4-1-2-6-3-7-4;3*1-3-4-2;/h1-2H,(H,8,9);3*1,3-4H2,2H3;. The van der Waals surface area contributed by atoms with Crippen LogP contribution >= 0.6 is 0 Å². The van der Waals surface area contributed by atoms with Gasteiger partial charge in [0.15, 0.2) is 0 Å².